The number of carbonyl (C=O) groups excluding carboxylic acids is 2. The van der Waals surface area contributed by atoms with Gasteiger partial charge < -0.3 is 29.6 Å². The maximum Gasteiger partial charge on any atom is 0.148 e. The molecule has 2 N–H and O–H groups in total. The Labute approximate surface area is 218 Å². The molecule has 2 saturated heterocycles. The molecule has 206 valence electrons. The fourth-order valence-corrected chi connectivity index (χ4v) is 6.19. The smallest absolute Gasteiger partial charge is 0.148 e. The lowest BCUT2D eigenvalue weighted by atomic mass is 9.91. The first-order valence-electron chi connectivity index (χ1n) is 12.9. The Bertz CT molecular complexity index is 806. The van der Waals surface area contributed by atoms with E-state index in [-0.39, 0.29) is 11.1 Å². The molecule has 0 spiro atoms. The van der Waals surface area contributed by atoms with Crippen molar-refractivity contribution in [3.8, 4) is 0 Å². The van der Waals surface area contributed by atoms with Gasteiger partial charge in [0.1, 0.15) is 12.3 Å². The molecule has 0 radical (unpaired) electrons. The lowest BCUT2D eigenvalue weighted by molar-refractivity contribution is -0.906. The van der Waals surface area contributed by atoms with E-state index in [2.05, 4.69) is 93.4 Å². The van der Waals surface area contributed by atoms with Gasteiger partial charge >= 0.3 is 0 Å². The van der Waals surface area contributed by atoms with Crippen molar-refractivity contribution in [1.82, 2.24) is 9.80 Å². The number of nitrogens with zero attached hydrogens (tertiary/aromatic N) is 2. The predicted octanol–water partition coefficient (Wildman–Crippen LogP) is -1.17. The lowest BCUT2D eigenvalue weighted by Crippen LogP contribution is -3.13. The summed E-state index contributed by atoms with van der Waals surface area (Å²) in [6.07, 6.45) is 1.35. The number of quaternary nitrogens is 2. The Hall–Kier alpha value is -2.00. The molecule has 2 aliphatic heterocycles. The van der Waals surface area contributed by atoms with Crippen LogP contribution in [0.5, 0.6) is 0 Å². The summed E-state index contributed by atoms with van der Waals surface area (Å²) in [5, 5.41) is 20.6. The van der Waals surface area contributed by atoms with Crippen LogP contribution in [0.1, 0.15) is 76.1 Å². The van der Waals surface area contributed by atoms with Crippen LogP contribution < -0.4 is 20.0 Å². The maximum absolute atomic E-state index is 10.3. The number of likely N-dealkylation sites (N-methyl/N-ethyl adjacent to an activating group) is 4. The second kappa shape index (κ2) is 12.5. The first-order valence-corrected chi connectivity index (χ1v) is 12.9. The van der Waals surface area contributed by atoms with Crippen LogP contribution in [-0.4, -0.2) is 87.4 Å². The van der Waals surface area contributed by atoms with Gasteiger partial charge in [0.2, 0.25) is 0 Å². The Balaban J connectivity index is 0.000000270. The van der Waals surface area contributed by atoms with Gasteiger partial charge in [0.05, 0.1) is 51.2 Å². The summed E-state index contributed by atoms with van der Waals surface area (Å²) < 4.78 is 0. The van der Waals surface area contributed by atoms with Crippen molar-refractivity contribution in [3.63, 3.8) is 0 Å². The van der Waals surface area contributed by atoms with E-state index in [9.17, 15) is 19.8 Å². The largest absolute Gasteiger partial charge is 0.545 e. The molecular formula is C28H50N4O4. The normalized spacial score (nSPS) is 29.1. The monoisotopic (exact) mass is 506 g/mol. The summed E-state index contributed by atoms with van der Waals surface area (Å²) in [6, 6.07) is 6.60. The number of hydrogen-bond acceptors (Lipinski definition) is 6. The molecule has 2 fully saturated rings. The van der Waals surface area contributed by atoms with Crippen molar-refractivity contribution in [2.45, 2.75) is 79.8 Å². The minimum Gasteiger partial charge on any atom is -0.545 e. The number of aromatic carboxylic acids is 2. The highest BCUT2D eigenvalue weighted by molar-refractivity contribution is 5.99. The second-order valence-electron chi connectivity index (χ2n) is 12.8. The zero-order chi connectivity index (χ0) is 28.2. The summed E-state index contributed by atoms with van der Waals surface area (Å²) in [7, 11) is 9.10. The fourth-order valence-electron chi connectivity index (χ4n) is 6.19. The van der Waals surface area contributed by atoms with Gasteiger partial charge in [0.15, 0.2) is 0 Å². The van der Waals surface area contributed by atoms with E-state index in [1.807, 2.05) is 0 Å². The summed E-state index contributed by atoms with van der Waals surface area (Å²) in [5.41, 5.74) is 0.0581. The average molecular weight is 507 g/mol. The van der Waals surface area contributed by atoms with E-state index in [1.54, 1.807) is 9.80 Å². The van der Waals surface area contributed by atoms with Crippen LogP contribution in [-0.2, 0) is 0 Å². The summed E-state index contributed by atoms with van der Waals surface area (Å²) in [5.74, 6) is -3.04. The lowest BCUT2D eigenvalue weighted by Gasteiger charge is -2.33. The molecule has 0 saturated carbocycles. The van der Waals surface area contributed by atoms with Crippen LogP contribution in [0.25, 0.3) is 0 Å². The minimum absolute atomic E-state index is 0.363. The molecule has 6 unspecified atom stereocenters. The summed E-state index contributed by atoms with van der Waals surface area (Å²) >= 11 is 0. The van der Waals surface area contributed by atoms with Crippen molar-refractivity contribution in [1.29, 1.82) is 0 Å². The molecule has 1 aromatic carbocycles. The van der Waals surface area contributed by atoms with Crippen LogP contribution in [0, 0.1) is 10.8 Å². The molecule has 6 atom stereocenters. The van der Waals surface area contributed by atoms with Crippen molar-refractivity contribution < 1.29 is 29.6 Å². The topological polar surface area (TPSA) is 95.6 Å². The molecule has 0 bridgehead atoms. The standard InChI is InChI=1S/2C10H22N2.C8H6O4/c2*1-8-7-11(5)9(12(8)6)10(2,3)4;9-7(10)5-3-1-2-4-6(5)8(11)12/h2*8-9H,7H2,1-6H3;1-4H,(H,9,10)(H,11,12). The summed E-state index contributed by atoms with van der Waals surface area (Å²) in [6.45, 7) is 21.2. The van der Waals surface area contributed by atoms with Crippen molar-refractivity contribution in [3.05, 3.63) is 35.4 Å². The van der Waals surface area contributed by atoms with E-state index >= 15 is 0 Å². The zero-order valence-corrected chi connectivity index (χ0v) is 24.6. The molecule has 0 aromatic heterocycles. The van der Waals surface area contributed by atoms with E-state index in [1.165, 1.54) is 25.2 Å². The fraction of sp³-hybridized carbons (Fsp3) is 0.714. The molecule has 8 nitrogen and oxygen atoms in total. The first kappa shape index (κ1) is 32.0. The number of nitrogens with one attached hydrogen (secondary N) is 2. The Kier molecular flexibility index (Phi) is 11.1. The number of carboxylic acids is 2. The highest BCUT2D eigenvalue weighted by Gasteiger charge is 2.44. The summed E-state index contributed by atoms with van der Waals surface area (Å²) in [4.78, 5) is 29.0. The molecule has 1 aromatic rings. The van der Waals surface area contributed by atoms with Gasteiger partial charge in [-0.1, -0.05) is 65.8 Å². The van der Waals surface area contributed by atoms with Crippen LogP contribution in [0.3, 0.4) is 0 Å². The highest BCUT2D eigenvalue weighted by Crippen LogP contribution is 2.23. The van der Waals surface area contributed by atoms with Gasteiger partial charge in [-0.05, 0) is 27.9 Å². The Morgan fingerprint density at radius 2 is 1.03 bits per heavy atom. The number of rotatable bonds is 2. The molecule has 36 heavy (non-hydrogen) atoms. The number of carboxylic acid groups (broad SMARTS) is 2. The van der Waals surface area contributed by atoms with Gasteiger partial charge in [-0.25, -0.2) is 9.80 Å². The molecule has 2 aliphatic rings. The third-order valence-electron chi connectivity index (χ3n) is 7.38. The minimum atomic E-state index is -1.52. The van der Waals surface area contributed by atoms with E-state index in [0.29, 0.717) is 23.2 Å². The van der Waals surface area contributed by atoms with Gasteiger partial charge in [-0.2, -0.15) is 0 Å². The van der Waals surface area contributed by atoms with Crippen LogP contribution in [0.2, 0.25) is 0 Å². The third kappa shape index (κ3) is 8.26. The molecule has 8 heteroatoms. The van der Waals surface area contributed by atoms with Crippen LogP contribution in [0.15, 0.2) is 24.3 Å². The maximum atomic E-state index is 10.3. The zero-order valence-electron chi connectivity index (χ0n) is 24.6. The predicted molar refractivity (Wildman–Crippen MR) is 140 cm³/mol. The second-order valence-corrected chi connectivity index (χ2v) is 12.8. The van der Waals surface area contributed by atoms with Gasteiger partial charge in [-0.15, -0.1) is 0 Å². The SMILES string of the molecule is CC1C[NH+](C)C(C(C)(C)C)N1C.CC1C[NH+](C)C(C(C)(C)C)N1C.O=C([O-])c1ccccc1C(=O)[O-]. The molecule has 0 amide bonds. The van der Waals surface area contributed by atoms with Gasteiger partial charge in [0, 0.05) is 22.0 Å². The van der Waals surface area contributed by atoms with E-state index < -0.39 is 11.9 Å². The van der Waals surface area contributed by atoms with Crippen molar-refractivity contribution in [2.24, 2.45) is 10.8 Å². The molecular weight excluding hydrogens is 456 g/mol. The molecule has 0 aliphatic carbocycles. The van der Waals surface area contributed by atoms with Gasteiger partial charge in [0.25, 0.3) is 0 Å². The van der Waals surface area contributed by atoms with Crippen LogP contribution in [0.4, 0.5) is 0 Å². The van der Waals surface area contributed by atoms with Crippen molar-refractivity contribution >= 4 is 11.9 Å². The first-order chi connectivity index (χ1) is 16.3. The van der Waals surface area contributed by atoms with E-state index in [0.717, 1.165) is 24.2 Å². The van der Waals surface area contributed by atoms with Crippen LogP contribution >= 0.6 is 0 Å². The Morgan fingerprint density at radius 1 is 0.750 bits per heavy atom. The Morgan fingerprint density at radius 3 is 1.17 bits per heavy atom. The quantitative estimate of drug-likeness (QED) is 0.525. The number of carbonyl (C=O) groups is 2. The third-order valence-corrected chi connectivity index (χ3v) is 7.38. The highest BCUT2D eigenvalue weighted by atomic mass is 16.4. The number of benzene rings is 1. The van der Waals surface area contributed by atoms with Crippen molar-refractivity contribution in [2.75, 3.05) is 41.3 Å². The number of hydrogen-bond donors (Lipinski definition) is 2. The average Bonchev–Trinajstić information content (AvgIpc) is 3.14. The van der Waals surface area contributed by atoms with E-state index in [4.69, 9.17) is 0 Å². The van der Waals surface area contributed by atoms with Gasteiger partial charge in [-0.3, -0.25) is 0 Å². The molecule has 3 rings (SSSR count). The molecule has 2 heterocycles.